The Kier molecular flexibility index (Phi) is 7.06. The van der Waals surface area contributed by atoms with Gasteiger partial charge in [0.2, 0.25) is 5.91 Å². The molecule has 0 spiro atoms. The zero-order valence-corrected chi connectivity index (χ0v) is 18.9. The summed E-state index contributed by atoms with van der Waals surface area (Å²) < 4.78 is 31.6. The lowest BCUT2D eigenvalue weighted by Gasteiger charge is -2.21. The second-order valence-corrected chi connectivity index (χ2v) is 10.1. The first-order valence-corrected chi connectivity index (χ1v) is 11.9. The first-order valence-electron chi connectivity index (χ1n) is 9.47. The molecule has 2 aromatic carbocycles. The van der Waals surface area contributed by atoms with Gasteiger partial charge in [-0.25, -0.2) is 13.4 Å². The standard InChI is InChI=1S/C21H25N3O4S2/c1-23(2)12-7-13-24(20(25)15-30(26,27)17-8-5-4-6-9-17)21-22-18-11-10-16(28-3)14-19(18)29-21/h4-6,8-11,14H,7,12-13,15H2,1-3H3. The molecule has 0 aliphatic heterocycles. The van der Waals surface area contributed by atoms with Gasteiger partial charge >= 0.3 is 0 Å². The van der Waals surface area contributed by atoms with E-state index in [-0.39, 0.29) is 4.90 Å². The number of methoxy groups -OCH3 is 1. The number of carbonyl (C=O) groups is 1. The molecule has 0 bridgehead atoms. The summed E-state index contributed by atoms with van der Waals surface area (Å²) in [5.74, 6) is -0.378. The van der Waals surface area contributed by atoms with E-state index in [1.165, 1.54) is 28.4 Å². The summed E-state index contributed by atoms with van der Waals surface area (Å²) in [4.78, 5) is 21.3. The summed E-state index contributed by atoms with van der Waals surface area (Å²) in [6.07, 6.45) is 0.698. The van der Waals surface area contributed by atoms with E-state index in [0.29, 0.717) is 23.8 Å². The van der Waals surface area contributed by atoms with Crippen LogP contribution in [0.15, 0.2) is 53.4 Å². The smallest absolute Gasteiger partial charge is 0.244 e. The number of amides is 1. The number of carbonyl (C=O) groups excluding carboxylic acids is 1. The molecule has 0 saturated carbocycles. The number of ether oxygens (including phenoxy) is 1. The highest BCUT2D eigenvalue weighted by molar-refractivity contribution is 7.92. The largest absolute Gasteiger partial charge is 0.497 e. The van der Waals surface area contributed by atoms with E-state index in [1.54, 1.807) is 25.3 Å². The van der Waals surface area contributed by atoms with E-state index in [4.69, 9.17) is 4.74 Å². The van der Waals surface area contributed by atoms with Crippen LogP contribution in [0.25, 0.3) is 10.2 Å². The number of fused-ring (bicyclic) bond motifs is 1. The molecule has 0 aliphatic rings. The number of thiazole rings is 1. The maximum absolute atomic E-state index is 13.1. The van der Waals surface area contributed by atoms with Crippen LogP contribution >= 0.6 is 11.3 Å². The molecule has 3 rings (SSSR count). The molecule has 0 radical (unpaired) electrons. The molecule has 0 N–H and O–H groups in total. The maximum atomic E-state index is 13.1. The molecule has 0 unspecified atom stereocenters. The Labute approximate surface area is 180 Å². The minimum absolute atomic E-state index is 0.139. The van der Waals surface area contributed by atoms with Crippen molar-refractivity contribution in [3.8, 4) is 5.75 Å². The SMILES string of the molecule is COc1ccc2nc(N(CCCN(C)C)C(=O)CS(=O)(=O)c3ccccc3)sc2c1. The van der Waals surface area contributed by atoms with Gasteiger partial charge in [-0.2, -0.15) is 0 Å². The molecule has 1 aromatic heterocycles. The van der Waals surface area contributed by atoms with Gasteiger partial charge in [-0.05, 0) is 57.4 Å². The van der Waals surface area contributed by atoms with Crippen molar-refractivity contribution in [2.24, 2.45) is 0 Å². The lowest BCUT2D eigenvalue weighted by molar-refractivity contribution is -0.116. The van der Waals surface area contributed by atoms with Crippen LogP contribution < -0.4 is 9.64 Å². The Hall–Kier alpha value is -2.49. The van der Waals surface area contributed by atoms with Crippen LogP contribution in [0.3, 0.4) is 0 Å². The fourth-order valence-corrected chi connectivity index (χ4v) is 5.22. The monoisotopic (exact) mass is 447 g/mol. The summed E-state index contributed by atoms with van der Waals surface area (Å²) in [5.41, 5.74) is 0.743. The minimum atomic E-state index is -3.74. The van der Waals surface area contributed by atoms with E-state index in [0.717, 1.165) is 16.8 Å². The summed E-state index contributed by atoms with van der Waals surface area (Å²) in [7, 11) is 1.76. The number of aromatic nitrogens is 1. The summed E-state index contributed by atoms with van der Waals surface area (Å²) >= 11 is 1.35. The predicted molar refractivity (Wildman–Crippen MR) is 120 cm³/mol. The van der Waals surface area contributed by atoms with Gasteiger partial charge < -0.3 is 9.64 Å². The van der Waals surface area contributed by atoms with Gasteiger partial charge in [0.25, 0.3) is 0 Å². The van der Waals surface area contributed by atoms with E-state index < -0.39 is 21.5 Å². The summed E-state index contributed by atoms with van der Waals surface area (Å²) in [6.45, 7) is 1.16. The molecular formula is C21H25N3O4S2. The fourth-order valence-electron chi connectivity index (χ4n) is 2.96. The molecule has 30 heavy (non-hydrogen) atoms. The predicted octanol–water partition coefficient (Wildman–Crippen LogP) is 3.06. The van der Waals surface area contributed by atoms with Crippen LogP contribution in [0.5, 0.6) is 5.75 Å². The van der Waals surface area contributed by atoms with Crippen LogP contribution in [0.1, 0.15) is 6.42 Å². The van der Waals surface area contributed by atoms with Crippen LogP contribution in [-0.4, -0.2) is 64.3 Å². The summed E-state index contributed by atoms with van der Waals surface area (Å²) in [6, 6.07) is 13.5. The van der Waals surface area contributed by atoms with Gasteiger partial charge in [0.1, 0.15) is 11.5 Å². The lowest BCUT2D eigenvalue weighted by atomic mass is 10.3. The third-order valence-corrected chi connectivity index (χ3v) is 7.18. The van der Waals surface area contributed by atoms with E-state index in [2.05, 4.69) is 4.98 Å². The van der Waals surface area contributed by atoms with Crippen molar-refractivity contribution in [3.63, 3.8) is 0 Å². The second-order valence-electron chi connectivity index (χ2n) is 7.10. The Morgan fingerprint density at radius 3 is 2.50 bits per heavy atom. The number of sulfone groups is 1. The molecule has 3 aromatic rings. The topological polar surface area (TPSA) is 79.8 Å². The van der Waals surface area contributed by atoms with Crippen LogP contribution in [0.4, 0.5) is 5.13 Å². The number of hydrogen-bond acceptors (Lipinski definition) is 7. The van der Waals surface area contributed by atoms with E-state index in [1.807, 2.05) is 37.2 Å². The number of hydrogen-bond donors (Lipinski definition) is 0. The normalized spacial score (nSPS) is 11.7. The van der Waals surface area contributed by atoms with Gasteiger partial charge in [-0.15, -0.1) is 0 Å². The van der Waals surface area contributed by atoms with Gasteiger partial charge in [-0.3, -0.25) is 9.69 Å². The number of anilines is 1. The lowest BCUT2D eigenvalue weighted by Crippen LogP contribution is -2.37. The van der Waals surface area contributed by atoms with Crippen molar-refractivity contribution in [2.75, 3.05) is 44.9 Å². The Bertz CT molecular complexity index is 1110. The van der Waals surface area contributed by atoms with Crippen LogP contribution in [-0.2, 0) is 14.6 Å². The molecule has 160 valence electrons. The Morgan fingerprint density at radius 1 is 1.10 bits per heavy atom. The van der Waals surface area contributed by atoms with Crippen molar-refractivity contribution in [3.05, 3.63) is 48.5 Å². The Balaban J connectivity index is 1.89. The number of rotatable bonds is 9. The van der Waals surface area contributed by atoms with Crippen molar-refractivity contribution in [1.29, 1.82) is 0 Å². The highest BCUT2D eigenvalue weighted by Gasteiger charge is 2.26. The Morgan fingerprint density at radius 2 is 1.83 bits per heavy atom. The molecule has 9 heteroatoms. The number of nitrogens with zero attached hydrogens (tertiary/aromatic N) is 3. The first-order chi connectivity index (χ1) is 14.3. The van der Waals surface area contributed by atoms with Crippen LogP contribution in [0, 0.1) is 0 Å². The van der Waals surface area contributed by atoms with Gasteiger partial charge in [0.15, 0.2) is 15.0 Å². The molecule has 7 nitrogen and oxygen atoms in total. The minimum Gasteiger partial charge on any atom is -0.497 e. The summed E-state index contributed by atoms with van der Waals surface area (Å²) in [5, 5.41) is 0.491. The first kappa shape index (κ1) is 22.2. The zero-order chi connectivity index (χ0) is 21.7. The molecule has 0 aliphatic carbocycles. The van der Waals surface area contributed by atoms with Gasteiger partial charge in [0.05, 0.1) is 22.2 Å². The zero-order valence-electron chi connectivity index (χ0n) is 17.2. The van der Waals surface area contributed by atoms with Crippen LogP contribution in [0.2, 0.25) is 0 Å². The highest BCUT2D eigenvalue weighted by Crippen LogP contribution is 2.32. The van der Waals surface area contributed by atoms with Gasteiger partial charge in [-0.1, -0.05) is 29.5 Å². The van der Waals surface area contributed by atoms with E-state index >= 15 is 0 Å². The third kappa shape index (κ3) is 5.35. The average molecular weight is 448 g/mol. The average Bonchev–Trinajstić information content (AvgIpc) is 3.13. The maximum Gasteiger partial charge on any atom is 0.244 e. The second kappa shape index (κ2) is 9.55. The third-order valence-electron chi connectivity index (χ3n) is 4.52. The van der Waals surface area contributed by atoms with Crippen molar-refractivity contribution >= 4 is 42.4 Å². The molecule has 0 atom stereocenters. The van der Waals surface area contributed by atoms with Crippen molar-refractivity contribution in [1.82, 2.24) is 9.88 Å². The highest BCUT2D eigenvalue weighted by atomic mass is 32.2. The quantitative estimate of drug-likeness (QED) is 0.502. The van der Waals surface area contributed by atoms with Gasteiger partial charge in [0, 0.05) is 6.54 Å². The fraction of sp³-hybridized carbons (Fsp3) is 0.333. The molecule has 1 amide bonds. The molecule has 0 fully saturated rings. The molecule has 1 heterocycles. The number of benzene rings is 2. The van der Waals surface area contributed by atoms with E-state index in [9.17, 15) is 13.2 Å². The van der Waals surface area contributed by atoms with Crippen molar-refractivity contribution in [2.45, 2.75) is 11.3 Å². The molecule has 0 saturated heterocycles. The molecular weight excluding hydrogens is 422 g/mol. The van der Waals surface area contributed by atoms with Crippen molar-refractivity contribution < 1.29 is 17.9 Å².